The first-order valence-corrected chi connectivity index (χ1v) is 5.40. The molecule has 0 amide bonds. The number of Topliss-reactive ketones (excluding diaryl/α,β-unsaturated/α-hetero) is 2. The lowest BCUT2D eigenvalue weighted by molar-refractivity contribution is -0.150. The second-order valence-electron chi connectivity index (χ2n) is 4.01. The van der Waals surface area contributed by atoms with Crippen molar-refractivity contribution in [2.24, 2.45) is 0 Å². The topological polar surface area (TPSA) is 73.0 Å². The third-order valence-electron chi connectivity index (χ3n) is 2.92. The van der Waals surface area contributed by atoms with Gasteiger partial charge in [0.15, 0.2) is 17.7 Å². The van der Waals surface area contributed by atoms with Gasteiger partial charge in [-0.1, -0.05) is 30.3 Å². The number of rotatable bonds is 4. The van der Waals surface area contributed by atoms with Crippen LogP contribution in [0.25, 0.3) is 0 Å². The number of carbonyl (C=O) groups excluding carboxylic acids is 3. The van der Waals surface area contributed by atoms with Gasteiger partial charge in [0.05, 0.1) is 7.11 Å². The molecule has 5 heteroatoms. The Morgan fingerprint density at radius 2 is 1.83 bits per heavy atom. The Morgan fingerprint density at radius 1 is 1.22 bits per heavy atom. The highest BCUT2D eigenvalue weighted by molar-refractivity contribution is 6.18. The molecule has 0 spiro atoms. The predicted octanol–water partition coefficient (Wildman–Crippen LogP) is 0.769. The van der Waals surface area contributed by atoms with Gasteiger partial charge in [-0.3, -0.25) is 9.59 Å². The summed E-state index contributed by atoms with van der Waals surface area (Å²) >= 11 is 0. The van der Waals surface area contributed by atoms with E-state index < -0.39 is 29.2 Å². The highest BCUT2D eigenvalue weighted by atomic mass is 16.7. The van der Waals surface area contributed by atoms with Crippen molar-refractivity contribution in [2.75, 3.05) is 7.11 Å². The fraction of sp³-hybridized carbons (Fsp3) is 0.308. The summed E-state index contributed by atoms with van der Waals surface area (Å²) in [4.78, 5) is 35.1. The lowest BCUT2D eigenvalue weighted by Gasteiger charge is -2.05. The fourth-order valence-corrected chi connectivity index (χ4v) is 1.86. The molecule has 0 aliphatic carbocycles. The highest BCUT2D eigenvalue weighted by Crippen LogP contribution is 2.40. The zero-order valence-electron chi connectivity index (χ0n) is 10.0. The molecule has 94 valence electrons. The molecule has 2 atom stereocenters. The van der Waals surface area contributed by atoms with E-state index in [0.717, 1.165) is 7.11 Å². The summed E-state index contributed by atoms with van der Waals surface area (Å²) in [6.07, 6.45) is -1.08. The molecule has 1 heterocycles. The van der Waals surface area contributed by atoms with Gasteiger partial charge in [-0.2, -0.15) is 0 Å². The van der Waals surface area contributed by atoms with Gasteiger partial charge in [-0.15, -0.1) is 0 Å². The largest absolute Gasteiger partial charge is 0.466 e. The van der Waals surface area contributed by atoms with Gasteiger partial charge in [-0.25, -0.2) is 4.79 Å². The lowest BCUT2D eigenvalue weighted by atomic mass is 9.95. The average Bonchev–Trinajstić information content (AvgIpc) is 3.14. The quantitative estimate of drug-likeness (QED) is 0.340. The van der Waals surface area contributed by atoms with Crippen LogP contribution in [0.1, 0.15) is 17.3 Å². The van der Waals surface area contributed by atoms with Gasteiger partial charge >= 0.3 is 5.97 Å². The fourth-order valence-electron chi connectivity index (χ4n) is 1.86. The maximum absolute atomic E-state index is 12.1. The Morgan fingerprint density at radius 3 is 2.33 bits per heavy atom. The van der Waals surface area contributed by atoms with Crippen molar-refractivity contribution in [3.63, 3.8) is 0 Å². The normalized spacial score (nSPS) is 25.3. The first-order valence-electron chi connectivity index (χ1n) is 5.40. The molecule has 0 unspecified atom stereocenters. The first-order chi connectivity index (χ1) is 8.54. The van der Waals surface area contributed by atoms with E-state index in [2.05, 4.69) is 4.74 Å². The molecule has 18 heavy (non-hydrogen) atoms. The van der Waals surface area contributed by atoms with Gasteiger partial charge in [0.2, 0.25) is 0 Å². The monoisotopic (exact) mass is 248 g/mol. The van der Waals surface area contributed by atoms with E-state index in [1.165, 1.54) is 6.92 Å². The number of ether oxygens (including phenoxy) is 2. The number of carbonyl (C=O) groups is 3. The van der Waals surface area contributed by atoms with Crippen LogP contribution >= 0.6 is 0 Å². The Kier molecular flexibility index (Phi) is 3.00. The Labute approximate surface area is 104 Å². The number of epoxide rings is 1. The van der Waals surface area contributed by atoms with E-state index in [4.69, 9.17) is 4.74 Å². The van der Waals surface area contributed by atoms with Crippen LogP contribution < -0.4 is 0 Å². The second-order valence-corrected chi connectivity index (χ2v) is 4.01. The van der Waals surface area contributed by atoms with Crippen LogP contribution in [0.5, 0.6) is 0 Å². The van der Waals surface area contributed by atoms with Crippen LogP contribution in [0.3, 0.4) is 0 Å². The lowest BCUT2D eigenvalue weighted by Crippen LogP contribution is -2.38. The number of benzene rings is 1. The van der Waals surface area contributed by atoms with Gasteiger partial charge in [-0.05, 0) is 6.92 Å². The van der Waals surface area contributed by atoms with E-state index in [1.54, 1.807) is 30.3 Å². The van der Waals surface area contributed by atoms with Crippen molar-refractivity contribution in [1.29, 1.82) is 0 Å². The minimum Gasteiger partial charge on any atom is -0.466 e. The van der Waals surface area contributed by atoms with Crippen molar-refractivity contribution in [1.82, 2.24) is 0 Å². The van der Waals surface area contributed by atoms with Crippen LogP contribution in [-0.4, -0.2) is 36.4 Å². The second kappa shape index (κ2) is 4.34. The van der Waals surface area contributed by atoms with Crippen LogP contribution in [0.2, 0.25) is 0 Å². The SMILES string of the molecule is COC(=O)[C@@]1(C(C)=O)O[C@H]1C(=O)c1ccccc1. The van der Waals surface area contributed by atoms with E-state index in [9.17, 15) is 14.4 Å². The summed E-state index contributed by atoms with van der Waals surface area (Å²) in [6, 6.07) is 8.37. The third kappa shape index (κ3) is 1.73. The minimum absolute atomic E-state index is 0.392. The summed E-state index contributed by atoms with van der Waals surface area (Å²) in [7, 11) is 1.15. The van der Waals surface area contributed by atoms with E-state index in [1.807, 2.05) is 0 Å². The number of esters is 1. The van der Waals surface area contributed by atoms with Gasteiger partial charge in [0, 0.05) is 5.56 Å². The molecule has 0 saturated carbocycles. The summed E-state index contributed by atoms with van der Waals surface area (Å²) in [6.45, 7) is 1.20. The predicted molar refractivity (Wildman–Crippen MR) is 61.1 cm³/mol. The molecule has 1 aromatic carbocycles. The molecule has 0 bridgehead atoms. The molecule has 0 N–H and O–H groups in total. The summed E-state index contributed by atoms with van der Waals surface area (Å²) in [5, 5.41) is 0. The van der Waals surface area contributed by atoms with E-state index in [-0.39, 0.29) is 0 Å². The van der Waals surface area contributed by atoms with Gasteiger partial charge in [0.1, 0.15) is 0 Å². The maximum Gasteiger partial charge on any atom is 0.349 e. The molecule has 0 aromatic heterocycles. The van der Waals surface area contributed by atoms with Crippen molar-refractivity contribution in [3.8, 4) is 0 Å². The molecule has 0 radical (unpaired) electrons. The zero-order chi connectivity index (χ0) is 13.3. The summed E-state index contributed by atoms with van der Waals surface area (Å²) in [5.74, 6) is -1.75. The average molecular weight is 248 g/mol. The Hall–Kier alpha value is -2.01. The van der Waals surface area contributed by atoms with E-state index >= 15 is 0 Å². The number of methoxy groups -OCH3 is 1. The molecular formula is C13H12O5. The van der Waals surface area contributed by atoms with Crippen molar-refractivity contribution >= 4 is 17.5 Å². The number of hydrogen-bond donors (Lipinski definition) is 0. The molecule has 1 aliphatic rings. The van der Waals surface area contributed by atoms with Crippen LogP contribution in [-0.2, 0) is 19.1 Å². The molecule has 1 saturated heterocycles. The summed E-state index contributed by atoms with van der Waals surface area (Å²) in [5.41, 5.74) is -1.35. The first kappa shape index (κ1) is 12.4. The number of ketones is 2. The summed E-state index contributed by atoms with van der Waals surface area (Å²) < 4.78 is 9.58. The van der Waals surface area contributed by atoms with Crippen LogP contribution in [0.15, 0.2) is 30.3 Å². The molecule has 1 fully saturated rings. The van der Waals surface area contributed by atoms with Crippen LogP contribution in [0, 0.1) is 0 Å². The smallest absolute Gasteiger partial charge is 0.349 e. The van der Waals surface area contributed by atoms with E-state index in [0.29, 0.717) is 5.56 Å². The van der Waals surface area contributed by atoms with Crippen molar-refractivity contribution in [2.45, 2.75) is 18.6 Å². The van der Waals surface area contributed by atoms with Crippen LogP contribution in [0.4, 0.5) is 0 Å². The number of hydrogen-bond acceptors (Lipinski definition) is 5. The molecule has 5 nitrogen and oxygen atoms in total. The van der Waals surface area contributed by atoms with Gasteiger partial charge < -0.3 is 9.47 Å². The third-order valence-corrected chi connectivity index (χ3v) is 2.92. The zero-order valence-corrected chi connectivity index (χ0v) is 10.0. The molecule has 1 aromatic rings. The standard InChI is InChI=1S/C13H12O5/c1-8(14)13(12(16)17-2)11(18-13)10(15)9-6-4-3-5-7-9/h3-7,11H,1-2H3/t11-,13-/m0/s1. The maximum atomic E-state index is 12.1. The molecule has 2 rings (SSSR count). The highest BCUT2D eigenvalue weighted by Gasteiger charge is 2.70. The van der Waals surface area contributed by atoms with Crippen molar-refractivity contribution < 1.29 is 23.9 Å². The molecular weight excluding hydrogens is 236 g/mol. The Bertz CT molecular complexity index is 507. The molecule has 1 aliphatic heterocycles. The van der Waals surface area contributed by atoms with Crippen molar-refractivity contribution in [3.05, 3.63) is 35.9 Å². The minimum atomic E-state index is -1.75. The Balaban J connectivity index is 2.26. The van der Waals surface area contributed by atoms with Gasteiger partial charge in [0.25, 0.3) is 5.60 Å².